The fourth-order valence-corrected chi connectivity index (χ4v) is 3.01. The van der Waals surface area contributed by atoms with Gasteiger partial charge in [0.05, 0.1) is 6.10 Å². The zero-order valence-electron chi connectivity index (χ0n) is 13.3. The van der Waals surface area contributed by atoms with Gasteiger partial charge >= 0.3 is 0 Å². The number of carbonyl (C=O) groups excluding carboxylic acids is 2. The molecule has 4 N–H and O–H groups in total. The molecular weight excluding hydrogens is 304 g/mol. The normalized spacial score (nSPS) is 16.8. The van der Waals surface area contributed by atoms with Crippen molar-refractivity contribution >= 4 is 17.5 Å². The molecule has 0 radical (unpaired) electrons. The molecule has 3 rings (SSSR count). The summed E-state index contributed by atoms with van der Waals surface area (Å²) in [5, 5.41) is 13.1. The summed E-state index contributed by atoms with van der Waals surface area (Å²) in [7, 11) is 0. The van der Waals surface area contributed by atoms with Crippen LogP contribution in [0.4, 0.5) is 5.69 Å². The molecule has 0 aliphatic heterocycles. The standard InChI is InChI=1S/C19H20N2O3/c20-18(23)13-5-7-14(8-6-13)19(24)21-15-10-9-12-3-1-2-4-17(22)16(12)11-15/h5-11,17,22H,1-4H2,(H2,20,23)(H,21,24). The monoisotopic (exact) mass is 324 g/mol. The molecule has 0 saturated heterocycles. The molecule has 0 heterocycles. The Kier molecular flexibility index (Phi) is 4.62. The van der Waals surface area contributed by atoms with Gasteiger partial charge in [-0.3, -0.25) is 9.59 Å². The fourth-order valence-electron chi connectivity index (χ4n) is 3.01. The third kappa shape index (κ3) is 3.46. The number of amides is 2. The highest BCUT2D eigenvalue weighted by atomic mass is 16.3. The van der Waals surface area contributed by atoms with Crippen LogP contribution in [0.2, 0.25) is 0 Å². The maximum atomic E-state index is 12.3. The molecule has 0 saturated carbocycles. The van der Waals surface area contributed by atoms with Gasteiger partial charge in [0.1, 0.15) is 0 Å². The Balaban J connectivity index is 1.78. The van der Waals surface area contributed by atoms with Crippen LogP contribution in [0.5, 0.6) is 0 Å². The molecule has 2 amide bonds. The van der Waals surface area contributed by atoms with E-state index in [0.29, 0.717) is 16.8 Å². The van der Waals surface area contributed by atoms with Gasteiger partial charge < -0.3 is 16.2 Å². The Morgan fingerprint density at radius 1 is 1.04 bits per heavy atom. The molecule has 0 fully saturated rings. The van der Waals surface area contributed by atoms with Crippen LogP contribution in [-0.2, 0) is 6.42 Å². The summed E-state index contributed by atoms with van der Waals surface area (Å²) < 4.78 is 0. The number of primary amides is 1. The Bertz CT molecular complexity index is 769. The first-order chi connectivity index (χ1) is 11.5. The van der Waals surface area contributed by atoms with Gasteiger partial charge in [0.2, 0.25) is 5.91 Å². The van der Waals surface area contributed by atoms with Crippen molar-refractivity contribution in [3.8, 4) is 0 Å². The van der Waals surface area contributed by atoms with E-state index in [4.69, 9.17) is 5.73 Å². The first kappa shape index (κ1) is 16.2. The van der Waals surface area contributed by atoms with Crippen molar-refractivity contribution < 1.29 is 14.7 Å². The van der Waals surface area contributed by atoms with Crippen LogP contribution in [0.25, 0.3) is 0 Å². The average Bonchev–Trinajstić information content (AvgIpc) is 2.77. The van der Waals surface area contributed by atoms with Gasteiger partial charge in [-0.25, -0.2) is 0 Å². The van der Waals surface area contributed by atoms with Crippen LogP contribution in [0.15, 0.2) is 42.5 Å². The fraction of sp³-hybridized carbons (Fsp3) is 0.263. The number of hydrogen-bond donors (Lipinski definition) is 3. The molecule has 2 aromatic rings. The highest BCUT2D eigenvalue weighted by Crippen LogP contribution is 2.30. The maximum absolute atomic E-state index is 12.3. The lowest BCUT2D eigenvalue weighted by Gasteiger charge is -2.14. The Morgan fingerprint density at radius 2 is 1.75 bits per heavy atom. The molecule has 5 nitrogen and oxygen atoms in total. The molecule has 1 aliphatic rings. The number of aliphatic hydroxyl groups is 1. The van der Waals surface area contributed by atoms with Crippen molar-refractivity contribution in [3.63, 3.8) is 0 Å². The van der Waals surface area contributed by atoms with Gasteiger partial charge in [0.25, 0.3) is 5.91 Å². The summed E-state index contributed by atoms with van der Waals surface area (Å²) in [6.45, 7) is 0. The lowest BCUT2D eigenvalue weighted by atomic mass is 10.00. The second kappa shape index (κ2) is 6.84. The predicted octanol–water partition coefficient (Wildman–Crippen LogP) is 2.80. The van der Waals surface area contributed by atoms with Crippen molar-refractivity contribution in [2.75, 3.05) is 5.32 Å². The van der Waals surface area contributed by atoms with Crippen molar-refractivity contribution in [2.45, 2.75) is 31.8 Å². The molecule has 2 aromatic carbocycles. The zero-order chi connectivity index (χ0) is 17.1. The Hall–Kier alpha value is -2.66. The molecule has 124 valence electrons. The number of nitrogens with one attached hydrogen (secondary N) is 1. The molecule has 0 aromatic heterocycles. The molecule has 5 heteroatoms. The summed E-state index contributed by atoms with van der Waals surface area (Å²) >= 11 is 0. The van der Waals surface area contributed by atoms with Crippen LogP contribution in [0.3, 0.4) is 0 Å². The summed E-state index contributed by atoms with van der Waals surface area (Å²) in [6.07, 6.45) is 3.30. The number of anilines is 1. The largest absolute Gasteiger partial charge is 0.388 e. The predicted molar refractivity (Wildman–Crippen MR) is 91.9 cm³/mol. The van der Waals surface area contributed by atoms with E-state index in [0.717, 1.165) is 36.8 Å². The number of rotatable bonds is 3. The summed E-state index contributed by atoms with van der Waals surface area (Å²) in [5.41, 5.74) is 8.68. The van der Waals surface area contributed by atoms with Crippen LogP contribution in [0, 0.1) is 0 Å². The summed E-state index contributed by atoms with van der Waals surface area (Å²) in [5.74, 6) is -0.796. The van der Waals surface area contributed by atoms with Crippen molar-refractivity contribution in [1.29, 1.82) is 0 Å². The molecule has 24 heavy (non-hydrogen) atoms. The number of benzene rings is 2. The molecule has 0 bridgehead atoms. The maximum Gasteiger partial charge on any atom is 0.255 e. The third-order valence-electron chi connectivity index (χ3n) is 4.37. The Morgan fingerprint density at radius 3 is 2.46 bits per heavy atom. The topological polar surface area (TPSA) is 92.4 Å². The number of aryl methyl sites for hydroxylation is 1. The van der Waals surface area contributed by atoms with Gasteiger partial charge in [-0.15, -0.1) is 0 Å². The van der Waals surface area contributed by atoms with Crippen LogP contribution >= 0.6 is 0 Å². The van der Waals surface area contributed by atoms with E-state index in [-0.39, 0.29) is 5.91 Å². The summed E-state index contributed by atoms with van der Waals surface area (Å²) in [4.78, 5) is 23.4. The van der Waals surface area contributed by atoms with Gasteiger partial charge in [-0.2, -0.15) is 0 Å². The first-order valence-corrected chi connectivity index (χ1v) is 8.07. The zero-order valence-corrected chi connectivity index (χ0v) is 13.3. The second-order valence-corrected chi connectivity index (χ2v) is 6.07. The van der Waals surface area contributed by atoms with Crippen LogP contribution in [-0.4, -0.2) is 16.9 Å². The lowest BCUT2D eigenvalue weighted by Crippen LogP contribution is -2.14. The van der Waals surface area contributed by atoms with Crippen molar-refractivity contribution in [1.82, 2.24) is 0 Å². The molecular formula is C19H20N2O3. The minimum Gasteiger partial charge on any atom is -0.388 e. The van der Waals surface area contributed by atoms with Gasteiger partial charge in [0, 0.05) is 16.8 Å². The third-order valence-corrected chi connectivity index (χ3v) is 4.37. The van der Waals surface area contributed by atoms with Crippen molar-refractivity contribution in [3.05, 3.63) is 64.7 Å². The van der Waals surface area contributed by atoms with Gasteiger partial charge in [0.15, 0.2) is 0 Å². The molecule has 0 spiro atoms. The lowest BCUT2D eigenvalue weighted by molar-refractivity contribution is 0.0995. The first-order valence-electron chi connectivity index (χ1n) is 8.07. The van der Waals surface area contributed by atoms with E-state index < -0.39 is 12.0 Å². The van der Waals surface area contributed by atoms with E-state index in [2.05, 4.69) is 5.32 Å². The highest BCUT2D eigenvalue weighted by molar-refractivity contribution is 6.05. The smallest absolute Gasteiger partial charge is 0.255 e. The number of nitrogens with two attached hydrogens (primary N) is 1. The van der Waals surface area contributed by atoms with E-state index in [1.807, 2.05) is 18.2 Å². The minimum atomic E-state index is -0.526. The van der Waals surface area contributed by atoms with E-state index >= 15 is 0 Å². The minimum absolute atomic E-state index is 0.269. The molecule has 1 atom stereocenters. The van der Waals surface area contributed by atoms with Crippen molar-refractivity contribution in [2.24, 2.45) is 5.73 Å². The number of carbonyl (C=O) groups is 2. The Labute approximate surface area is 140 Å². The van der Waals surface area contributed by atoms with Crippen LogP contribution in [0.1, 0.15) is 57.2 Å². The molecule has 1 unspecified atom stereocenters. The number of fused-ring (bicyclic) bond motifs is 1. The van der Waals surface area contributed by atoms with E-state index in [1.165, 1.54) is 12.1 Å². The number of hydrogen-bond acceptors (Lipinski definition) is 3. The van der Waals surface area contributed by atoms with Gasteiger partial charge in [-0.1, -0.05) is 12.5 Å². The quantitative estimate of drug-likeness (QED) is 0.758. The van der Waals surface area contributed by atoms with E-state index in [1.54, 1.807) is 12.1 Å². The van der Waals surface area contributed by atoms with E-state index in [9.17, 15) is 14.7 Å². The molecule has 1 aliphatic carbocycles. The van der Waals surface area contributed by atoms with Crippen LogP contribution < -0.4 is 11.1 Å². The SMILES string of the molecule is NC(=O)c1ccc(C(=O)Nc2ccc3c(c2)C(O)CCCC3)cc1. The average molecular weight is 324 g/mol. The summed E-state index contributed by atoms with van der Waals surface area (Å²) in [6, 6.07) is 11.8. The van der Waals surface area contributed by atoms with Gasteiger partial charge in [-0.05, 0) is 66.8 Å². The highest BCUT2D eigenvalue weighted by Gasteiger charge is 2.17. The second-order valence-electron chi connectivity index (χ2n) is 6.07. The number of aliphatic hydroxyl groups excluding tert-OH is 1.